The van der Waals surface area contributed by atoms with Crippen LogP contribution in [0.2, 0.25) is 0 Å². The summed E-state index contributed by atoms with van der Waals surface area (Å²) in [5.74, 6) is 0.865. The predicted molar refractivity (Wildman–Crippen MR) is 71.6 cm³/mol. The first kappa shape index (κ1) is 12.4. The molecule has 0 unspecified atom stereocenters. The average Bonchev–Trinajstić information content (AvgIpc) is 2.38. The summed E-state index contributed by atoms with van der Waals surface area (Å²) in [7, 11) is 0. The summed E-state index contributed by atoms with van der Waals surface area (Å²) in [6.45, 7) is 4.71. The van der Waals surface area contributed by atoms with E-state index in [-0.39, 0.29) is 6.10 Å². The monoisotopic (exact) mass is 243 g/mol. The molecule has 0 fully saturated rings. The van der Waals surface area contributed by atoms with Gasteiger partial charge >= 0.3 is 0 Å². The lowest BCUT2D eigenvalue weighted by Crippen LogP contribution is -2.08. The Balaban J connectivity index is 2.05. The van der Waals surface area contributed by atoms with E-state index < -0.39 is 0 Å². The predicted octanol–water partition coefficient (Wildman–Crippen LogP) is 2.88. The molecule has 0 aliphatic carbocycles. The molecule has 0 spiro atoms. The molecule has 2 aromatic rings. The highest BCUT2D eigenvalue weighted by atomic mass is 16.5. The minimum atomic E-state index is 0.160. The van der Waals surface area contributed by atoms with Crippen molar-refractivity contribution in [3.8, 4) is 5.75 Å². The highest BCUT2D eigenvalue weighted by Crippen LogP contribution is 2.25. The number of aromatic nitrogens is 2. The Kier molecular flexibility index (Phi) is 4.12. The topological polar surface area (TPSA) is 47.0 Å². The fourth-order valence-corrected chi connectivity index (χ4v) is 1.59. The summed E-state index contributed by atoms with van der Waals surface area (Å²) >= 11 is 0. The van der Waals surface area contributed by atoms with Crippen molar-refractivity contribution in [3.63, 3.8) is 0 Å². The van der Waals surface area contributed by atoms with Crippen LogP contribution in [0.15, 0.2) is 43.0 Å². The Bertz CT molecular complexity index is 485. The first-order chi connectivity index (χ1) is 8.75. The van der Waals surface area contributed by atoms with E-state index in [4.69, 9.17) is 4.74 Å². The zero-order valence-electron chi connectivity index (χ0n) is 10.6. The number of rotatable bonds is 5. The van der Waals surface area contributed by atoms with Crippen LogP contribution in [0, 0.1) is 0 Å². The second-order valence-electron chi connectivity index (χ2n) is 4.26. The molecule has 0 saturated heterocycles. The maximum Gasteiger partial charge on any atom is 0.142 e. The summed E-state index contributed by atoms with van der Waals surface area (Å²) in [6, 6.07) is 7.91. The number of hydrogen-bond acceptors (Lipinski definition) is 4. The van der Waals surface area contributed by atoms with E-state index in [0.717, 1.165) is 17.0 Å². The van der Waals surface area contributed by atoms with Crippen molar-refractivity contribution in [3.05, 3.63) is 48.5 Å². The highest BCUT2D eigenvalue weighted by molar-refractivity contribution is 5.56. The molecule has 0 atom stereocenters. The van der Waals surface area contributed by atoms with E-state index in [1.165, 1.54) is 6.33 Å². The molecule has 1 heterocycles. The molecule has 1 aromatic carbocycles. The smallest absolute Gasteiger partial charge is 0.142 e. The van der Waals surface area contributed by atoms with E-state index in [1.807, 2.05) is 38.1 Å². The molecule has 0 aliphatic rings. The van der Waals surface area contributed by atoms with Gasteiger partial charge in [0.15, 0.2) is 0 Å². The Morgan fingerprint density at radius 3 is 2.61 bits per heavy atom. The van der Waals surface area contributed by atoms with Crippen LogP contribution in [0.4, 0.5) is 5.69 Å². The maximum atomic E-state index is 5.74. The van der Waals surface area contributed by atoms with Crippen LogP contribution in [0.5, 0.6) is 5.75 Å². The first-order valence-corrected chi connectivity index (χ1v) is 5.99. The van der Waals surface area contributed by atoms with E-state index >= 15 is 0 Å². The van der Waals surface area contributed by atoms with Crippen molar-refractivity contribution in [2.24, 2.45) is 0 Å². The molecular weight excluding hydrogens is 226 g/mol. The Morgan fingerprint density at radius 1 is 1.17 bits per heavy atom. The normalized spacial score (nSPS) is 10.4. The fourth-order valence-electron chi connectivity index (χ4n) is 1.59. The Morgan fingerprint density at radius 2 is 1.89 bits per heavy atom. The van der Waals surface area contributed by atoms with Crippen molar-refractivity contribution < 1.29 is 4.74 Å². The molecule has 0 saturated carbocycles. The third-order valence-electron chi connectivity index (χ3n) is 2.35. The number of nitrogens with one attached hydrogen (secondary N) is 1. The summed E-state index contributed by atoms with van der Waals surface area (Å²) < 4.78 is 5.74. The number of anilines is 1. The zero-order valence-corrected chi connectivity index (χ0v) is 10.6. The van der Waals surface area contributed by atoms with Crippen molar-refractivity contribution >= 4 is 5.69 Å². The number of para-hydroxylation sites is 2. The Labute approximate surface area is 107 Å². The highest BCUT2D eigenvalue weighted by Gasteiger charge is 2.04. The molecule has 0 aliphatic heterocycles. The SMILES string of the molecule is CC(C)Oc1ccccc1NCc1cncnc1. The zero-order chi connectivity index (χ0) is 12.8. The lowest BCUT2D eigenvalue weighted by molar-refractivity contribution is 0.243. The fraction of sp³-hybridized carbons (Fsp3) is 0.286. The van der Waals surface area contributed by atoms with E-state index in [1.54, 1.807) is 12.4 Å². The third-order valence-corrected chi connectivity index (χ3v) is 2.35. The average molecular weight is 243 g/mol. The minimum Gasteiger partial charge on any atom is -0.489 e. The van der Waals surface area contributed by atoms with Gasteiger partial charge in [-0.25, -0.2) is 9.97 Å². The van der Waals surface area contributed by atoms with Crippen LogP contribution in [0.1, 0.15) is 19.4 Å². The van der Waals surface area contributed by atoms with E-state index in [2.05, 4.69) is 15.3 Å². The molecule has 2 rings (SSSR count). The van der Waals surface area contributed by atoms with E-state index in [0.29, 0.717) is 6.54 Å². The van der Waals surface area contributed by atoms with Gasteiger partial charge in [-0.3, -0.25) is 0 Å². The molecule has 18 heavy (non-hydrogen) atoms. The van der Waals surface area contributed by atoms with Crippen molar-refractivity contribution in [2.75, 3.05) is 5.32 Å². The maximum absolute atomic E-state index is 5.74. The van der Waals surface area contributed by atoms with Crippen LogP contribution in [-0.4, -0.2) is 16.1 Å². The quantitative estimate of drug-likeness (QED) is 0.877. The lowest BCUT2D eigenvalue weighted by atomic mass is 10.2. The molecule has 4 nitrogen and oxygen atoms in total. The molecule has 1 aromatic heterocycles. The van der Waals surface area contributed by atoms with Crippen molar-refractivity contribution in [2.45, 2.75) is 26.5 Å². The van der Waals surface area contributed by atoms with Gasteiger partial charge in [0.05, 0.1) is 11.8 Å². The second-order valence-corrected chi connectivity index (χ2v) is 4.26. The van der Waals surface area contributed by atoms with Crippen LogP contribution < -0.4 is 10.1 Å². The molecule has 0 amide bonds. The van der Waals surface area contributed by atoms with Crippen LogP contribution in [0.25, 0.3) is 0 Å². The largest absolute Gasteiger partial charge is 0.489 e. The molecule has 0 radical (unpaired) electrons. The molecule has 4 heteroatoms. The first-order valence-electron chi connectivity index (χ1n) is 5.99. The van der Waals surface area contributed by atoms with Crippen molar-refractivity contribution in [1.29, 1.82) is 0 Å². The van der Waals surface area contributed by atoms with Gasteiger partial charge in [0, 0.05) is 24.5 Å². The van der Waals surface area contributed by atoms with E-state index in [9.17, 15) is 0 Å². The van der Waals surface area contributed by atoms with Gasteiger partial charge in [-0.1, -0.05) is 12.1 Å². The number of hydrogen-bond donors (Lipinski definition) is 1. The summed E-state index contributed by atoms with van der Waals surface area (Å²) in [4.78, 5) is 7.97. The summed E-state index contributed by atoms with van der Waals surface area (Å²) in [6.07, 6.45) is 5.28. The summed E-state index contributed by atoms with van der Waals surface area (Å²) in [5, 5.41) is 3.33. The van der Waals surface area contributed by atoms with Gasteiger partial charge in [0.25, 0.3) is 0 Å². The molecule has 0 bridgehead atoms. The lowest BCUT2D eigenvalue weighted by Gasteiger charge is -2.15. The molecule has 94 valence electrons. The third kappa shape index (κ3) is 3.45. The summed E-state index contributed by atoms with van der Waals surface area (Å²) in [5.41, 5.74) is 2.02. The van der Waals surface area contributed by atoms with Crippen LogP contribution in [-0.2, 0) is 6.54 Å². The van der Waals surface area contributed by atoms with Crippen LogP contribution >= 0.6 is 0 Å². The van der Waals surface area contributed by atoms with Gasteiger partial charge in [-0.2, -0.15) is 0 Å². The van der Waals surface area contributed by atoms with Gasteiger partial charge in [-0.05, 0) is 26.0 Å². The van der Waals surface area contributed by atoms with Crippen molar-refractivity contribution in [1.82, 2.24) is 9.97 Å². The number of ether oxygens (including phenoxy) is 1. The minimum absolute atomic E-state index is 0.160. The standard InChI is InChI=1S/C14H17N3O/c1-11(2)18-14-6-4-3-5-13(14)17-9-12-7-15-10-16-8-12/h3-8,10-11,17H,9H2,1-2H3. The second kappa shape index (κ2) is 6.00. The number of nitrogens with zero attached hydrogens (tertiary/aromatic N) is 2. The Hall–Kier alpha value is -2.10. The van der Waals surface area contributed by atoms with Gasteiger partial charge < -0.3 is 10.1 Å². The van der Waals surface area contributed by atoms with Crippen LogP contribution in [0.3, 0.4) is 0 Å². The van der Waals surface area contributed by atoms with Gasteiger partial charge in [-0.15, -0.1) is 0 Å². The van der Waals surface area contributed by atoms with Gasteiger partial charge in [0.1, 0.15) is 12.1 Å². The van der Waals surface area contributed by atoms with Gasteiger partial charge in [0.2, 0.25) is 0 Å². The molecular formula is C14H17N3O. The number of benzene rings is 1. The molecule has 1 N–H and O–H groups in total.